The average Bonchev–Trinajstić information content (AvgIpc) is 3.45. The number of hydrogen-bond acceptors (Lipinski definition) is 8. The first-order chi connectivity index (χ1) is 20.4. The van der Waals surface area contributed by atoms with E-state index in [1.54, 1.807) is 13.1 Å². The van der Waals surface area contributed by atoms with Crippen molar-refractivity contribution >= 4 is 56.4 Å². The van der Waals surface area contributed by atoms with Crippen molar-refractivity contribution < 1.29 is 36.3 Å². The van der Waals surface area contributed by atoms with Crippen molar-refractivity contribution in [3.05, 3.63) is 70.6 Å². The summed E-state index contributed by atoms with van der Waals surface area (Å²) in [6.07, 6.45) is 1.20. The predicted octanol–water partition coefficient (Wildman–Crippen LogP) is 3.28. The fraction of sp³-hybridized carbons (Fsp3) is 0.370. The third-order valence-corrected chi connectivity index (χ3v) is 8.57. The van der Waals surface area contributed by atoms with Crippen molar-refractivity contribution in [2.45, 2.75) is 24.7 Å². The van der Waals surface area contributed by atoms with Crippen LogP contribution in [0.5, 0.6) is 0 Å². The molecule has 2 aliphatic rings. The van der Waals surface area contributed by atoms with Crippen LogP contribution in [0.1, 0.15) is 7.43 Å². The Balaban J connectivity index is 0.000000256. The molecule has 2 fully saturated rings. The van der Waals surface area contributed by atoms with Gasteiger partial charge in [-0.25, -0.2) is 22.2 Å². The Morgan fingerprint density at radius 1 is 0.977 bits per heavy atom. The standard InChI is InChI=1S/C15H16ClFN4O4S.C11H12ClFN2O2.CH4/c1-20-8-14(18-9-20)26(23,24)21-4-5-25-13(7-21)15(22)19-10-2-3-11(16)12(17)6-10;12-8-2-1-7(5-9(8)13)15-11(16)10-6-14-3-4-17-10;/h2-3,6,8-9,13H,4-5,7H2,1H3,(H,19,22);1-2,5,10,14H,3-4,6H2,(H,15,16);1H4. The minimum absolute atomic E-state index is 0. The van der Waals surface area contributed by atoms with Crippen LogP contribution in [0.15, 0.2) is 53.9 Å². The molecule has 0 saturated carbocycles. The summed E-state index contributed by atoms with van der Waals surface area (Å²) >= 11 is 11.1. The second-order valence-corrected chi connectivity index (χ2v) is 12.1. The lowest BCUT2D eigenvalue weighted by molar-refractivity contribution is -0.131. The molecule has 2 saturated heterocycles. The van der Waals surface area contributed by atoms with E-state index in [9.17, 15) is 26.8 Å². The highest BCUT2D eigenvalue weighted by Gasteiger charge is 2.35. The number of aryl methyl sites for hydroxylation is 1. The summed E-state index contributed by atoms with van der Waals surface area (Å²) in [7, 11) is -2.17. The van der Waals surface area contributed by atoms with Crippen LogP contribution in [-0.4, -0.2) is 85.7 Å². The lowest BCUT2D eigenvalue weighted by Gasteiger charge is -2.30. The maximum absolute atomic E-state index is 13.5. The minimum atomic E-state index is -3.83. The summed E-state index contributed by atoms with van der Waals surface area (Å²) in [6, 6.07) is 7.94. The van der Waals surface area contributed by atoms with Gasteiger partial charge in [-0.2, -0.15) is 4.31 Å². The lowest BCUT2D eigenvalue weighted by Crippen LogP contribution is -2.50. The predicted molar refractivity (Wildman–Crippen MR) is 161 cm³/mol. The van der Waals surface area contributed by atoms with Gasteiger partial charge in [0.2, 0.25) is 0 Å². The molecule has 0 bridgehead atoms. The highest BCUT2D eigenvalue weighted by molar-refractivity contribution is 7.89. The van der Waals surface area contributed by atoms with Gasteiger partial charge in [0.05, 0.1) is 29.6 Å². The van der Waals surface area contributed by atoms with Gasteiger partial charge in [-0.3, -0.25) is 9.59 Å². The van der Waals surface area contributed by atoms with Gasteiger partial charge in [-0.05, 0) is 36.4 Å². The monoisotopic (exact) mass is 676 g/mol. The van der Waals surface area contributed by atoms with Crippen LogP contribution in [0.25, 0.3) is 0 Å². The molecule has 240 valence electrons. The number of amides is 2. The number of nitrogens with zero attached hydrogens (tertiary/aromatic N) is 3. The van der Waals surface area contributed by atoms with Gasteiger partial charge in [0.1, 0.15) is 23.8 Å². The van der Waals surface area contributed by atoms with Gasteiger partial charge >= 0.3 is 0 Å². The Hall–Kier alpha value is -3.18. The zero-order valence-electron chi connectivity index (χ0n) is 22.7. The van der Waals surface area contributed by atoms with Crippen LogP contribution in [0.2, 0.25) is 10.0 Å². The van der Waals surface area contributed by atoms with Gasteiger partial charge in [-0.1, -0.05) is 30.6 Å². The second-order valence-electron chi connectivity index (χ2n) is 9.40. The zero-order chi connectivity index (χ0) is 31.1. The number of imidazole rings is 1. The molecular weight excluding hydrogens is 645 g/mol. The van der Waals surface area contributed by atoms with E-state index in [0.717, 1.165) is 16.9 Å². The fourth-order valence-electron chi connectivity index (χ4n) is 3.98. The maximum atomic E-state index is 13.5. The number of carbonyl (C=O) groups is 2. The number of ether oxygens (including phenoxy) is 2. The topological polar surface area (TPSA) is 144 Å². The van der Waals surface area contributed by atoms with Gasteiger partial charge in [0, 0.05) is 50.8 Å². The minimum Gasteiger partial charge on any atom is -0.366 e. The number of halogens is 4. The Kier molecular flexibility index (Phi) is 12.6. The van der Waals surface area contributed by atoms with Crippen LogP contribution in [-0.2, 0) is 36.1 Å². The lowest BCUT2D eigenvalue weighted by atomic mass is 10.2. The number of nitrogens with one attached hydrogen (secondary N) is 3. The third kappa shape index (κ3) is 9.17. The number of anilines is 2. The van der Waals surface area contributed by atoms with Crippen molar-refractivity contribution in [2.75, 3.05) is 50.0 Å². The highest BCUT2D eigenvalue weighted by Crippen LogP contribution is 2.21. The van der Waals surface area contributed by atoms with E-state index in [1.165, 1.54) is 41.4 Å². The van der Waals surface area contributed by atoms with Gasteiger partial charge in [0.25, 0.3) is 21.8 Å². The summed E-state index contributed by atoms with van der Waals surface area (Å²) in [5, 5.41) is 7.97. The summed E-state index contributed by atoms with van der Waals surface area (Å²) in [5.41, 5.74) is 0.566. The third-order valence-electron chi connectivity index (χ3n) is 6.20. The van der Waals surface area contributed by atoms with E-state index in [-0.39, 0.29) is 53.8 Å². The molecule has 2 atom stereocenters. The Morgan fingerprint density at radius 3 is 2.05 bits per heavy atom. The zero-order valence-corrected chi connectivity index (χ0v) is 25.1. The molecule has 0 aliphatic carbocycles. The quantitative estimate of drug-likeness (QED) is 0.361. The van der Waals surface area contributed by atoms with E-state index in [0.29, 0.717) is 18.8 Å². The molecule has 3 heterocycles. The number of sulfonamides is 1. The van der Waals surface area contributed by atoms with Crippen LogP contribution in [0, 0.1) is 11.6 Å². The van der Waals surface area contributed by atoms with E-state index in [4.69, 9.17) is 32.7 Å². The average molecular weight is 678 g/mol. The maximum Gasteiger partial charge on any atom is 0.262 e. The molecule has 2 aromatic carbocycles. The highest BCUT2D eigenvalue weighted by atomic mass is 35.5. The summed E-state index contributed by atoms with van der Waals surface area (Å²) in [5.74, 6) is -2.10. The SMILES string of the molecule is C.Cn1cnc(S(=O)(=O)N2CCOC(C(=O)Nc3ccc(Cl)c(F)c3)C2)c1.O=C(Nc1ccc(Cl)c(F)c1)C1CNCCO1. The van der Waals surface area contributed by atoms with E-state index >= 15 is 0 Å². The number of benzene rings is 2. The Morgan fingerprint density at radius 2 is 1.55 bits per heavy atom. The molecule has 2 unspecified atom stereocenters. The number of carbonyl (C=O) groups excluding carboxylic acids is 2. The molecular formula is C27H32Cl2F2N6O6S. The largest absolute Gasteiger partial charge is 0.366 e. The van der Waals surface area contributed by atoms with Crippen molar-refractivity contribution in [3.63, 3.8) is 0 Å². The fourth-order valence-corrected chi connectivity index (χ4v) is 5.61. The Labute approximate surface area is 263 Å². The van der Waals surface area contributed by atoms with Crippen LogP contribution < -0.4 is 16.0 Å². The Bertz CT molecular complexity index is 1570. The summed E-state index contributed by atoms with van der Waals surface area (Å²) < 4.78 is 65.1. The molecule has 44 heavy (non-hydrogen) atoms. The first-order valence-corrected chi connectivity index (χ1v) is 15.1. The van der Waals surface area contributed by atoms with Crippen LogP contribution in [0.3, 0.4) is 0 Å². The number of aromatic nitrogens is 2. The van der Waals surface area contributed by atoms with Gasteiger partial charge in [-0.15, -0.1) is 0 Å². The molecule has 17 heteroatoms. The normalized spacial score (nSPS) is 18.8. The van der Waals surface area contributed by atoms with Crippen LogP contribution >= 0.6 is 23.2 Å². The molecule has 12 nitrogen and oxygen atoms in total. The van der Waals surface area contributed by atoms with Crippen molar-refractivity contribution in [1.29, 1.82) is 0 Å². The number of morpholine rings is 2. The molecule has 5 rings (SSSR count). The molecule has 2 amide bonds. The van der Waals surface area contributed by atoms with E-state index in [1.807, 2.05) is 0 Å². The van der Waals surface area contributed by atoms with Crippen molar-refractivity contribution in [2.24, 2.45) is 7.05 Å². The van der Waals surface area contributed by atoms with Crippen molar-refractivity contribution in [3.8, 4) is 0 Å². The van der Waals surface area contributed by atoms with Gasteiger partial charge < -0.3 is 30.0 Å². The molecule has 0 radical (unpaired) electrons. The second kappa shape index (κ2) is 15.7. The smallest absolute Gasteiger partial charge is 0.262 e. The van der Waals surface area contributed by atoms with E-state index in [2.05, 4.69) is 20.9 Å². The van der Waals surface area contributed by atoms with Crippen LogP contribution in [0.4, 0.5) is 20.2 Å². The number of hydrogen-bond donors (Lipinski definition) is 3. The first-order valence-electron chi connectivity index (χ1n) is 12.9. The molecule has 3 N–H and O–H groups in total. The molecule has 1 aromatic heterocycles. The first kappa shape index (κ1) is 35.3. The summed E-state index contributed by atoms with van der Waals surface area (Å²) in [6.45, 7) is 1.69. The molecule has 0 spiro atoms. The molecule has 2 aliphatic heterocycles. The number of rotatable bonds is 6. The van der Waals surface area contributed by atoms with Crippen molar-refractivity contribution in [1.82, 2.24) is 19.2 Å². The van der Waals surface area contributed by atoms with E-state index < -0.39 is 39.8 Å². The molecule has 3 aromatic rings. The van der Waals surface area contributed by atoms with Gasteiger partial charge in [0.15, 0.2) is 5.03 Å². The summed E-state index contributed by atoms with van der Waals surface area (Å²) in [4.78, 5) is 27.9.